The molecule has 22 heavy (non-hydrogen) atoms. The lowest BCUT2D eigenvalue weighted by atomic mass is 9.62. The molecule has 0 radical (unpaired) electrons. The molecule has 0 aliphatic carbocycles. The summed E-state index contributed by atoms with van der Waals surface area (Å²) in [5.41, 5.74) is 6.60. The second-order valence-corrected chi connectivity index (χ2v) is 5.72. The van der Waals surface area contributed by atoms with E-state index in [1.807, 2.05) is 74.5 Å². The summed E-state index contributed by atoms with van der Waals surface area (Å²) in [6.07, 6.45) is 0.688. The Morgan fingerprint density at radius 1 is 1.05 bits per heavy atom. The van der Waals surface area contributed by atoms with Crippen LogP contribution in [0.1, 0.15) is 31.4 Å². The molecule has 0 saturated carbocycles. The van der Waals surface area contributed by atoms with Gasteiger partial charge in [0.15, 0.2) is 0 Å². The van der Waals surface area contributed by atoms with Crippen molar-refractivity contribution in [3.8, 4) is 0 Å². The Hall–Kier alpha value is -2.13. The summed E-state index contributed by atoms with van der Waals surface area (Å²) in [6.45, 7) is 3.88. The van der Waals surface area contributed by atoms with E-state index in [0.29, 0.717) is 6.42 Å². The van der Waals surface area contributed by atoms with Crippen LogP contribution in [0.25, 0.3) is 0 Å². The van der Waals surface area contributed by atoms with Crippen LogP contribution >= 0.6 is 0 Å². The maximum Gasteiger partial charge on any atom is 0.318 e. The fraction of sp³-hybridized carbons (Fsp3) is 0.316. The molecule has 0 amide bonds. The van der Waals surface area contributed by atoms with Crippen LogP contribution in [0.3, 0.4) is 0 Å². The molecule has 0 aliphatic heterocycles. The summed E-state index contributed by atoms with van der Waals surface area (Å²) in [7, 11) is 0. The van der Waals surface area contributed by atoms with Crippen molar-refractivity contribution in [3.63, 3.8) is 0 Å². The van der Waals surface area contributed by atoms with Crippen LogP contribution in [-0.4, -0.2) is 17.1 Å². The van der Waals surface area contributed by atoms with Crippen LogP contribution in [0, 0.1) is 5.92 Å². The number of hydrogen-bond donors (Lipinski definition) is 2. The number of carboxylic acid groups (broad SMARTS) is 1. The van der Waals surface area contributed by atoms with Gasteiger partial charge in [-0.05, 0) is 24.0 Å². The van der Waals surface area contributed by atoms with E-state index in [1.165, 1.54) is 0 Å². The Morgan fingerprint density at radius 3 is 1.73 bits per heavy atom. The summed E-state index contributed by atoms with van der Waals surface area (Å²) in [6, 6.07) is 18.6. The lowest BCUT2D eigenvalue weighted by molar-refractivity contribution is -0.144. The van der Waals surface area contributed by atoms with Crippen molar-refractivity contribution in [2.24, 2.45) is 11.7 Å². The van der Waals surface area contributed by atoms with Gasteiger partial charge in [0.05, 0.1) is 0 Å². The van der Waals surface area contributed by atoms with Gasteiger partial charge in [-0.25, -0.2) is 0 Å². The molecule has 3 N–H and O–H groups in total. The summed E-state index contributed by atoms with van der Waals surface area (Å²) in [5, 5.41) is 10.2. The molecule has 0 aromatic heterocycles. The highest BCUT2D eigenvalue weighted by Crippen LogP contribution is 2.42. The average Bonchev–Trinajstić information content (AvgIpc) is 2.53. The van der Waals surface area contributed by atoms with Crippen LogP contribution in [0.4, 0.5) is 0 Å². The van der Waals surface area contributed by atoms with Crippen LogP contribution in [0.15, 0.2) is 60.7 Å². The summed E-state index contributed by atoms with van der Waals surface area (Å²) >= 11 is 0. The Balaban J connectivity index is 2.79. The van der Waals surface area contributed by atoms with E-state index in [9.17, 15) is 9.90 Å². The van der Waals surface area contributed by atoms with Crippen molar-refractivity contribution in [2.45, 2.75) is 31.7 Å². The molecular weight excluding hydrogens is 274 g/mol. The number of benzene rings is 2. The molecular formula is C19H23NO2. The Morgan fingerprint density at radius 2 is 1.45 bits per heavy atom. The molecule has 0 heterocycles. The fourth-order valence-corrected chi connectivity index (χ4v) is 3.47. The van der Waals surface area contributed by atoms with Gasteiger partial charge in [-0.15, -0.1) is 0 Å². The predicted octanol–water partition coefficient (Wildman–Crippen LogP) is 3.43. The van der Waals surface area contributed by atoms with Crippen LogP contribution in [0.5, 0.6) is 0 Å². The number of hydrogen-bond acceptors (Lipinski definition) is 2. The van der Waals surface area contributed by atoms with E-state index in [-0.39, 0.29) is 12.0 Å². The molecule has 0 spiro atoms. The molecule has 2 aromatic carbocycles. The Labute approximate surface area is 131 Å². The van der Waals surface area contributed by atoms with Crippen LogP contribution in [-0.2, 0) is 10.2 Å². The number of aliphatic carboxylic acids is 1. The summed E-state index contributed by atoms with van der Waals surface area (Å²) in [4.78, 5) is 12.5. The van der Waals surface area contributed by atoms with Crippen LogP contribution in [0.2, 0.25) is 0 Å². The first-order valence-corrected chi connectivity index (χ1v) is 7.65. The molecule has 2 aromatic rings. The van der Waals surface area contributed by atoms with Gasteiger partial charge in [0, 0.05) is 6.04 Å². The van der Waals surface area contributed by atoms with Crippen LogP contribution < -0.4 is 5.73 Å². The molecule has 0 fully saturated rings. The van der Waals surface area contributed by atoms with Gasteiger partial charge in [-0.3, -0.25) is 4.79 Å². The molecule has 2 unspecified atom stereocenters. The largest absolute Gasteiger partial charge is 0.480 e. The van der Waals surface area contributed by atoms with E-state index >= 15 is 0 Å². The minimum Gasteiger partial charge on any atom is -0.480 e. The monoisotopic (exact) mass is 297 g/mol. The van der Waals surface area contributed by atoms with E-state index in [0.717, 1.165) is 11.1 Å². The predicted molar refractivity (Wildman–Crippen MR) is 88.7 cm³/mol. The first-order valence-electron chi connectivity index (χ1n) is 7.65. The number of nitrogens with two attached hydrogens (primary N) is 1. The molecule has 3 nitrogen and oxygen atoms in total. The highest BCUT2D eigenvalue weighted by Gasteiger charge is 2.49. The normalized spacial score (nSPS) is 14.3. The fourth-order valence-electron chi connectivity index (χ4n) is 3.47. The smallest absolute Gasteiger partial charge is 0.318 e. The SMILES string of the molecule is CCC(C(C)N)C(C(=O)O)(c1ccccc1)c1ccccc1. The topological polar surface area (TPSA) is 63.3 Å². The third-order valence-corrected chi connectivity index (χ3v) is 4.43. The lowest BCUT2D eigenvalue weighted by Gasteiger charge is -2.40. The van der Waals surface area contributed by atoms with E-state index < -0.39 is 11.4 Å². The van der Waals surface area contributed by atoms with Gasteiger partial charge in [-0.1, -0.05) is 74.0 Å². The molecule has 0 bridgehead atoms. The molecule has 0 aliphatic rings. The van der Waals surface area contributed by atoms with Gasteiger partial charge in [0.1, 0.15) is 5.41 Å². The first kappa shape index (κ1) is 16.2. The lowest BCUT2D eigenvalue weighted by Crippen LogP contribution is -2.50. The number of carboxylic acids is 1. The zero-order valence-corrected chi connectivity index (χ0v) is 13.1. The average molecular weight is 297 g/mol. The van der Waals surface area contributed by atoms with E-state index in [2.05, 4.69) is 0 Å². The first-order chi connectivity index (χ1) is 10.5. The quantitative estimate of drug-likeness (QED) is 0.858. The highest BCUT2D eigenvalue weighted by atomic mass is 16.4. The molecule has 2 atom stereocenters. The maximum absolute atomic E-state index is 12.5. The van der Waals surface area contributed by atoms with Gasteiger partial charge in [0.2, 0.25) is 0 Å². The van der Waals surface area contributed by atoms with Crippen molar-refractivity contribution >= 4 is 5.97 Å². The molecule has 116 valence electrons. The zero-order valence-electron chi connectivity index (χ0n) is 13.1. The van der Waals surface area contributed by atoms with E-state index in [1.54, 1.807) is 0 Å². The van der Waals surface area contributed by atoms with Crippen molar-refractivity contribution in [1.29, 1.82) is 0 Å². The molecule has 2 rings (SSSR count). The second-order valence-electron chi connectivity index (χ2n) is 5.72. The van der Waals surface area contributed by atoms with Gasteiger partial charge < -0.3 is 10.8 Å². The van der Waals surface area contributed by atoms with Crippen molar-refractivity contribution < 1.29 is 9.90 Å². The Bertz CT molecular complexity index is 568. The van der Waals surface area contributed by atoms with Crippen molar-refractivity contribution in [1.82, 2.24) is 0 Å². The zero-order chi connectivity index (χ0) is 16.2. The second kappa shape index (κ2) is 6.75. The van der Waals surface area contributed by atoms with Gasteiger partial charge in [-0.2, -0.15) is 0 Å². The standard InChI is InChI=1S/C19H23NO2/c1-3-17(14(2)20)19(18(21)22,15-10-6-4-7-11-15)16-12-8-5-9-13-16/h4-14,17H,3,20H2,1-2H3,(H,21,22). The molecule has 0 saturated heterocycles. The van der Waals surface area contributed by atoms with Crippen molar-refractivity contribution in [3.05, 3.63) is 71.8 Å². The van der Waals surface area contributed by atoms with Crippen molar-refractivity contribution in [2.75, 3.05) is 0 Å². The van der Waals surface area contributed by atoms with Gasteiger partial charge in [0.25, 0.3) is 0 Å². The molecule has 3 heteroatoms. The Kier molecular flexibility index (Phi) is 4.99. The summed E-state index contributed by atoms with van der Waals surface area (Å²) < 4.78 is 0. The highest BCUT2D eigenvalue weighted by molar-refractivity contribution is 5.86. The third-order valence-electron chi connectivity index (χ3n) is 4.43. The summed E-state index contributed by atoms with van der Waals surface area (Å²) in [5.74, 6) is -1.05. The minimum atomic E-state index is -1.13. The van der Waals surface area contributed by atoms with E-state index in [4.69, 9.17) is 5.73 Å². The third kappa shape index (κ3) is 2.64. The number of carbonyl (C=O) groups is 1. The van der Waals surface area contributed by atoms with Gasteiger partial charge >= 0.3 is 5.97 Å². The maximum atomic E-state index is 12.5. The minimum absolute atomic E-state index is 0.199. The number of rotatable bonds is 6.